The Morgan fingerprint density at radius 2 is 1.83 bits per heavy atom. The average molecular weight is 345 g/mol. The van der Waals surface area contributed by atoms with Gasteiger partial charge in [-0.05, 0) is 49.4 Å². The zero-order valence-electron chi connectivity index (χ0n) is 13.1. The summed E-state index contributed by atoms with van der Waals surface area (Å²) in [7, 11) is 0. The molecule has 118 valence electrons. The second-order valence-electron chi connectivity index (χ2n) is 5.25. The number of hydrogen-bond acceptors (Lipinski definition) is 3. The molecule has 0 bridgehead atoms. The van der Waals surface area contributed by atoms with Crippen LogP contribution in [0, 0.1) is 19.7 Å². The lowest BCUT2D eigenvalue weighted by Gasteiger charge is -2.15. The maximum Gasteiger partial charge on any atom is 0.312 e. The molecular formula is C18H16FNOS2. The van der Waals surface area contributed by atoms with Crippen molar-refractivity contribution in [2.75, 3.05) is 6.26 Å². The molecule has 0 saturated carbocycles. The average Bonchev–Trinajstić information content (AvgIpc) is 2.93. The molecule has 0 radical (unpaired) electrons. The highest BCUT2D eigenvalue weighted by atomic mass is 32.2. The summed E-state index contributed by atoms with van der Waals surface area (Å²) in [5, 5.41) is 1.80. The number of aromatic nitrogens is 1. The molecule has 23 heavy (non-hydrogen) atoms. The Balaban J connectivity index is 2.28. The lowest BCUT2D eigenvalue weighted by molar-refractivity contribution is 0.599. The molecule has 1 aromatic heterocycles. The number of para-hydroxylation sites is 1. The third-order valence-corrected chi connectivity index (χ3v) is 5.62. The molecule has 0 aliphatic heterocycles. The minimum absolute atomic E-state index is 0.0717. The summed E-state index contributed by atoms with van der Waals surface area (Å²) in [6, 6.07) is 11.0. The van der Waals surface area contributed by atoms with Crippen molar-refractivity contribution in [3.05, 3.63) is 68.4 Å². The van der Waals surface area contributed by atoms with Gasteiger partial charge in [-0.2, -0.15) is 0 Å². The van der Waals surface area contributed by atoms with Gasteiger partial charge in [-0.15, -0.1) is 11.8 Å². The fourth-order valence-electron chi connectivity index (χ4n) is 2.68. The van der Waals surface area contributed by atoms with Gasteiger partial charge in [0.15, 0.2) is 0 Å². The molecule has 0 saturated heterocycles. The normalized spacial score (nSPS) is 11.0. The van der Waals surface area contributed by atoms with Crippen molar-refractivity contribution in [2.45, 2.75) is 18.7 Å². The number of rotatable bonds is 3. The van der Waals surface area contributed by atoms with Crippen LogP contribution < -0.4 is 4.87 Å². The zero-order valence-corrected chi connectivity index (χ0v) is 14.7. The first-order valence-corrected chi connectivity index (χ1v) is 9.25. The second-order valence-corrected chi connectivity index (χ2v) is 6.88. The van der Waals surface area contributed by atoms with Crippen molar-refractivity contribution in [3.63, 3.8) is 0 Å². The van der Waals surface area contributed by atoms with Crippen LogP contribution in [0.4, 0.5) is 4.39 Å². The highest BCUT2D eigenvalue weighted by Crippen LogP contribution is 2.34. The van der Waals surface area contributed by atoms with Crippen LogP contribution in [0.3, 0.4) is 0 Å². The number of benzene rings is 2. The van der Waals surface area contributed by atoms with E-state index in [0.29, 0.717) is 4.90 Å². The van der Waals surface area contributed by atoms with Gasteiger partial charge in [-0.1, -0.05) is 29.5 Å². The SMILES string of the molecule is CSc1c(F)cc(-c2csc(=O)n2-c2ccccc2)c(C)c1C. The van der Waals surface area contributed by atoms with Crippen LogP contribution in [0.5, 0.6) is 0 Å². The van der Waals surface area contributed by atoms with Crippen LogP contribution in [0.15, 0.2) is 51.5 Å². The number of hydrogen-bond donors (Lipinski definition) is 0. The van der Waals surface area contributed by atoms with Gasteiger partial charge in [-0.3, -0.25) is 9.36 Å². The Hall–Kier alpha value is -1.85. The molecule has 5 heteroatoms. The topological polar surface area (TPSA) is 22.0 Å². The summed E-state index contributed by atoms with van der Waals surface area (Å²) in [6.07, 6.45) is 1.87. The number of halogens is 1. The van der Waals surface area contributed by atoms with E-state index in [1.54, 1.807) is 9.95 Å². The van der Waals surface area contributed by atoms with Crippen LogP contribution in [0.2, 0.25) is 0 Å². The maximum atomic E-state index is 14.4. The van der Waals surface area contributed by atoms with Gasteiger partial charge in [0, 0.05) is 15.8 Å². The molecule has 2 nitrogen and oxygen atoms in total. The fourth-order valence-corrected chi connectivity index (χ4v) is 4.15. The van der Waals surface area contributed by atoms with Crippen molar-refractivity contribution in [3.8, 4) is 16.9 Å². The molecule has 3 rings (SSSR count). The van der Waals surface area contributed by atoms with Crippen molar-refractivity contribution in [1.82, 2.24) is 4.57 Å². The van der Waals surface area contributed by atoms with E-state index in [9.17, 15) is 9.18 Å². The Labute approximate surface area is 142 Å². The van der Waals surface area contributed by atoms with Gasteiger partial charge in [-0.25, -0.2) is 4.39 Å². The van der Waals surface area contributed by atoms with E-state index in [1.165, 1.54) is 17.8 Å². The highest BCUT2D eigenvalue weighted by Gasteiger charge is 2.18. The summed E-state index contributed by atoms with van der Waals surface area (Å²) in [5.41, 5.74) is 4.21. The van der Waals surface area contributed by atoms with Crippen molar-refractivity contribution in [1.29, 1.82) is 0 Å². The number of nitrogens with zero attached hydrogens (tertiary/aromatic N) is 1. The molecule has 0 atom stereocenters. The van der Waals surface area contributed by atoms with Crippen LogP contribution >= 0.6 is 23.1 Å². The van der Waals surface area contributed by atoms with Crippen LogP contribution in [-0.2, 0) is 0 Å². The first-order chi connectivity index (χ1) is 11.0. The van der Waals surface area contributed by atoms with E-state index in [4.69, 9.17) is 0 Å². The number of thiazole rings is 1. The van der Waals surface area contributed by atoms with E-state index in [0.717, 1.165) is 39.4 Å². The summed E-state index contributed by atoms with van der Waals surface area (Å²) in [6.45, 7) is 3.90. The molecule has 0 N–H and O–H groups in total. The molecule has 0 unspecified atom stereocenters. The molecular weight excluding hydrogens is 329 g/mol. The standard InChI is InChI=1S/C18H16FNOS2/c1-11-12(2)17(22-3)15(19)9-14(11)16-10-23-18(21)20(16)13-7-5-4-6-8-13/h4-10H,1-3H3. The van der Waals surface area contributed by atoms with Gasteiger partial charge in [0.1, 0.15) is 5.82 Å². The van der Waals surface area contributed by atoms with Gasteiger partial charge >= 0.3 is 4.87 Å². The number of thioether (sulfide) groups is 1. The predicted molar refractivity (Wildman–Crippen MR) is 96.6 cm³/mol. The molecule has 0 fully saturated rings. The molecule has 1 heterocycles. The summed E-state index contributed by atoms with van der Waals surface area (Å²) in [5.74, 6) is -0.242. The molecule has 0 aliphatic carbocycles. The summed E-state index contributed by atoms with van der Waals surface area (Å²) in [4.78, 5) is 12.9. The van der Waals surface area contributed by atoms with E-state index >= 15 is 0 Å². The van der Waals surface area contributed by atoms with Gasteiger partial charge in [0.05, 0.1) is 11.4 Å². The summed E-state index contributed by atoms with van der Waals surface area (Å²) >= 11 is 2.54. The van der Waals surface area contributed by atoms with Crippen LogP contribution in [0.1, 0.15) is 11.1 Å². The molecule has 0 amide bonds. The Morgan fingerprint density at radius 3 is 2.48 bits per heavy atom. The fraction of sp³-hybridized carbons (Fsp3) is 0.167. The third-order valence-electron chi connectivity index (χ3n) is 3.98. The quantitative estimate of drug-likeness (QED) is 0.620. The Bertz CT molecular complexity index is 913. The Morgan fingerprint density at radius 1 is 1.13 bits per heavy atom. The van der Waals surface area contributed by atoms with E-state index in [2.05, 4.69) is 0 Å². The van der Waals surface area contributed by atoms with E-state index in [1.807, 2.05) is 50.4 Å². The van der Waals surface area contributed by atoms with E-state index in [-0.39, 0.29) is 10.7 Å². The third kappa shape index (κ3) is 2.75. The minimum Gasteiger partial charge on any atom is -0.267 e. The Kier molecular flexibility index (Phi) is 4.41. The van der Waals surface area contributed by atoms with E-state index < -0.39 is 0 Å². The highest BCUT2D eigenvalue weighted by molar-refractivity contribution is 7.98. The van der Waals surface area contributed by atoms with Crippen molar-refractivity contribution < 1.29 is 4.39 Å². The first kappa shape index (κ1) is 16.0. The van der Waals surface area contributed by atoms with Gasteiger partial charge < -0.3 is 0 Å². The van der Waals surface area contributed by atoms with Crippen molar-refractivity contribution in [2.24, 2.45) is 0 Å². The molecule has 3 aromatic rings. The largest absolute Gasteiger partial charge is 0.312 e. The predicted octanol–water partition coefficient (Wildman–Crippen LogP) is 5.04. The summed E-state index contributed by atoms with van der Waals surface area (Å²) < 4.78 is 16.1. The first-order valence-electron chi connectivity index (χ1n) is 7.14. The monoisotopic (exact) mass is 345 g/mol. The van der Waals surface area contributed by atoms with Crippen LogP contribution in [-0.4, -0.2) is 10.8 Å². The van der Waals surface area contributed by atoms with Crippen molar-refractivity contribution >= 4 is 23.1 Å². The van der Waals surface area contributed by atoms with Gasteiger partial charge in [0.25, 0.3) is 0 Å². The molecule has 0 spiro atoms. The lowest BCUT2D eigenvalue weighted by atomic mass is 10.0. The van der Waals surface area contributed by atoms with Crippen LogP contribution in [0.25, 0.3) is 16.9 Å². The second kappa shape index (κ2) is 6.34. The lowest BCUT2D eigenvalue weighted by Crippen LogP contribution is -2.12. The minimum atomic E-state index is -0.242. The molecule has 0 aliphatic rings. The smallest absolute Gasteiger partial charge is 0.267 e. The van der Waals surface area contributed by atoms with Gasteiger partial charge in [0.2, 0.25) is 0 Å². The molecule has 2 aromatic carbocycles. The maximum absolute atomic E-state index is 14.4. The zero-order chi connectivity index (χ0) is 16.6.